The van der Waals surface area contributed by atoms with Crippen LogP contribution in [0.4, 0.5) is 0 Å². The molecule has 2 amide bonds. The highest BCUT2D eigenvalue weighted by molar-refractivity contribution is 5.84. The fourth-order valence-corrected chi connectivity index (χ4v) is 3.22. The van der Waals surface area contributed by atoms with E-state index in [-0.39, 0.29) is 25.2 Å². The van der Waals surface area contributed by atoms with Gasteiger partial charge in [-0.1, -0.05) is 13.0 Å². The number of hydrogen-bond acceptors (Lipinski definition) is 4. The van der Waals surface area contributed by atoms with Gasteiger partial charge in [-0.3, -0.25) is 9.59 Å². The van der Waals surface area contributed by atoms with E-state index < -0.39 is 0 Å². The molecule has 1 unspecified atom stereocenters. The highest BCUT2D eigenvalue weighted by Gasteiger charge is 2.24. The molecule has 0 radical (unpaired) electrons. The van der Waals surface area contributed by atoms with E-state index in [0.717, 1.165) is 31.5 Å². The van der Waals surface area contributed by atoms with Crippen LogP contribution in [0.3, 0.4) is 0 Å². The van der Waals surface area contributed by atoms with Gasteiger partial charge in [0.25, 0.3) is 0 Å². The number of amides is 2. The zero-order valence-electron chi connectivity index (χ0n) is 14.3. The lowest BCUT2D eigenvalue weighted by atomic mass is 10.0. The molecule has 1 saturated heterocycles. The molecule has 24 heavy (non-hydrogen) atoms. The summed E-state index contributed by atoms with van der Waals surface area (Å²) in [4.78, 5) is 27.9. The van der Waals surface area contributed by atoms with Gasteiger partial charge in [-0.2, -0.15) is 0 Å². The highest BCUT2D eigenvalue weighted by Crippen LogP contribution is 2.32. The molecular formula is C18H24N2O4. The van der Waals surface area contributed by atoms with E-state index in [9.17, 15) is 9.59 Å². The second kappa shape index (κ2) is 7.11. The molecule has 2 heterocycles. The van der Waals surface area contributed by atoms with Crippen LogP contribution in [0.2, 0.25) is 0 Å². The first-order chi connectivity index (χ1) is 11.5. The van der Waals surface area contributed by atoms with Gasteiger partial charge in [0, 0.05) is 26.6 Å². The summed E-state index contributed by atoms with van der Waals surface area (Å²) in [7, 11) is 0. The summed E-state index contributed by atoms with van der Waals surface area (Å²) in [6.45, 7) is 5.97. The first kappa shape index (κ1) is 16.6. The van der Waals surface area contributed by atoms with E-state index in [4.69, 9.17) is 9.47 Å². The number of nitrogens with zero attached hydrogens (tertiary/aromatic N) is 2. The molecule has 0 aliphatic carbocycles. The van der Waals surface area contributed by atoms with Crippen molar-refractivity contribution in [3.05, 3.63) is 23.8 Å². The quantitative estimate of drug-likeness (QED) is 0.846. The van der Waals surface area contributed by atoms with E-state index in [1.165, 1.54) is 6.92 Å². The molecule has 1 aromatic rings. The Labute approximate surface area is 142 Å². The molecule has 0 spiro atoms. The van der Waals surface area contributed by atoms with E-state index in [1.807, 2.05) is 23.1 Å². The molecule has 6 heteroatoms. The lowest BCUT2D eigenvalue weighted by molar-refractivity contribution is -0.140. The zero-order valence-corrected chi connectivity index (χ0v) is 14.3. The average Bonchev–Trinajstić information content (AvgIpc) is 3.01. The number of ether oxygens (including phenoxy) is 2. The second-order valence-corrected chi connectivity index (χ2v) is 6.65. The van der Waals surface area contributed by atoms with Gasteiger partial charge < -0.3 is 19.3 Å². The standard InChI is InChI=1S/C18H24N2O4/c1-13-4-3-7-19(9-13)18(22)11-20(14(2)21)10-15-5-6-16-17(8-15)24-12-23-16/h5-6,8,13H,3-4,7,9-12H2,1-2H3. The summed E-state index contributed by atoms with van der Waals surface area (Å²) >= 11 is 0. The maximum Gasteiger partial charge on any atom is 0.242 e. The molecule has 0 bridgehead atoms. The number of benzene rings is 1. The van der Waals surface area contributed by atoms with Crippen LogP contribution < -0.4 is 9.47 Å². The molecule has 1 fully saturated rings. The molecule has 0 saturated carbocycles. The smallest absolute Gasteiger partial charge is 0.242 e. The van der Waals surface area contributed by atoms with Gasteiger partial charge in [0.1, 0.15) is 6.54 Å². The van der Waals surface area contributed by atoms with Gasteiger partial charge in [0.2, 0.25) is 18.6 Å². The lowest BCUT2D eigenvalue weighted by Crippen LogP contribution is -2.45. The highest BCUT2D eigenvalue weighted by atomic mass is 16.7. The Bertz CT molecular complexity index is 631. The van der Waals surface area contributed by atoms with E-state index in [2.05, 4.69) is 6.92 Å². The van der Waals surface area contributed by atoms with Crippen LogP contribution in [0.5, 0.6) is 11.5 Å². The zero-order chi connectivity index (χ0) is 17.1. The van der Waals surface area contributed by atoms with Gasteiger partial charge in [0.15, 0.2) is 11.5 Å². The number of rotatable bonds is 4. The van der Waals surface area contributed by atoms with Crippen LogP contribution in [0.1, 0.15) is 32.3 Å². The Morgan fingerprint density at radius 1 is 1.29 bits per heavy atom. The van der Waals surface area contributed by atoms with Gasteiger partial charge in [0.05, 0.1) is 0 Å². The van der Waals surface area contributed by atoms with Crippen molar-refractivity contribution in [1.82, 2.24) is 9.80 Å². The molecule has 0 aromatic heterocycles. The second-order valence-electron chi connectivity index (χ2n) is 6.65. The first-order valence-corrected chi connectivity index (χ1v) is 8.44. The third-order valence-corrected chi connectivity index (χ3v) is 4.59. The van der Waals surface area contributed by atoms with E-state index in [0.29, 0.717) is 24.0 Å². The van der Waals surface area contributed by atoms with Crippen LogP contribution >= 0.6 is 0 Å². The number of hydrogen-bond donors (Lipinski definition) is 0. The Balaban J connectivity index is 1.64. The van der Waals surface area contributed by atoms with Crippen molar-refractivity contribution in [3.63, 3.8) is 0 Å². The van der Waals surface area contributed by atoms with Crippen molar-refractivity contribution in [2.24, 2.45) is 5.92 Å². The van der Waals surface area contributed by atoms with Gasteiger partial charge >= 0.3 is 0 Å². The van der Waals surface area contributed by atoms with Crippen LogP contribution in [-0.2, 0) is 16.1 Å². The molecule has 2 aliphatic rings. The summed E-state index contributed by atoms with van der Waals surface area (Å²) in [5.41, 5.74) is 0.925. The number of likely N-dealkylation sites (tertiary alicyclic amines) is 1. The topological polar surface area (TPSA) is 59.1 Å². The minimum Gasteiger partial charge on any atom is -0.454 e. The van der Waals surface area contributed by atoms with Crippen molar-refractivity contribution >= 4 is 11.8 Å². The van der Waals surface area contributed by atoms with Crippen molar-refractivity contribution in [2.45, 2.75) is 33.2 Å². The third kappa shape index (κ3) is 3.80. The average molecular weight is 332 g/mol. The van der Waals surface area contributed by atoms with E-state index in [1.54, 1.807) is 4.90 Å². The van der Waals surface area contributed by atoms with Crippen molar-refractivity contribution in [2.75, 3.05) is 26.4 Å². The van der Waals surface area contributed by atoms with Crippen LogP contribution in [-0.4, -0.2) is 48.0 Å². The minimum absolute atomic E-state index is 0.0255. The first-order valence-electron chi connectivity index (χ1n) is 8.44. The number of carbonyl (C=O) groups excluding carboxylic acids is 2. The Hall–Kier alpha value is -2.24. The summed E-state index contributed by atoms with van der Waals surface area (Å²) in [6, 6.07) is 5.60. The number of fused-ring (bicyclic) bond motifs is 1. The van der Waals surface area contributed by atoms with Gasteiger partial charge in [-0.05, 0) is 36.5 Å². The monoisotopic (exact) mass is 332 g/mol. The normalized spacial score (nSPS) is 19.2. The molecule has 1 atom stereocenters. The molecular weight excluding hydrogens is 308 g/mol. The van der Waals surface area contributed by atoms with Crippen LogP contribution in [0, 0.1) is 5.92 Å². The summed E-state index contributed by atoms with van der Waals surface area (Å²) < 4.78 is 10.7. The Morgan fingerprint density at radius 2 is 2.08 bits per heavy atom. The fourth-order valence-electron chi connectivity index (χ4n) is 3.22. The Kier molecular flexibility index (Phi) is 4.92. The molecule has 2 aliphatic heterocycles. The summed E-state index contributed by atoms with van der Waals surface area (Å²) in [5, 5.41) is 0. The maximum absolute atomic E-state index is 12.5. The predicted octanol–water partition coefficient (Wildman–Crippen LogP) is 2.02. The van der Waals surface area contributed by atoms with Crippen LogP contribution in [0.15, 0.2) is 18.2 Å². The van der Waals surface area contributed by atoms with Crippen molar-refractivity contribution in [3.8, 4) is 11.5 Å². The van der Waals surface area contributed by atoms with Crippen molar-refractivity contribution < 1.29 is 19.1 Å². The van der Waals surface area contributed by atoms with Crippen LogP contribution in [0.25, 0.3) is 0 Å². The summed E-state index contributed by atoms with van der Waals surface area (Å²) in [5.74, 6) is 1.85. The van der Waals surface area contributed by atoms with Crippen molar-refractivity contribution in [1.29, 1.82) is 0 Å². The maximum atomic E-state index is 12.5. The van der Waals surface area contributed by atoms with E-state index >= 15 is 0 Å². The molecule has 1 aromatic carbocycles. The Morgan fingerprint density at radius 3 is 2.83 bits per heavy atom. The predicted molar refractivity (Wildman–Crippen MR) is 88.6 cm³/mol. The molecule has 130 valence electrons. The SMILES string of the molecule is CC(=O)N(CC(=O)N1CCCC(C)C1)Cc1ccc2c(c1)OCO2. The number of carbonyl (C=O) groups is 2. The minimum atomic E-state index is -0.105. The molecule has 0 N–H and O–H groups in total. The molecule has 3 rings (SSSR count). The largest absolute Gasteiger partial charge is 0.454 e. The lowest BCUT2D eigenvalue weighted by Gasteiger charge is -2.32. The summed E-state index contributed by atoms with van der Waals surface area (Å²) in [6.07, 6.45) is 2.20. The van der Waals surface area contributed by atoms with Gasteiger partial charge in [-0.15, -0.1) is 0 Å². The third-order valence-electron chi connectivity index (χ3n) is 4.59. The van der Waals surface area contributed by atoms with Gasteiger partial charge in [-0.25, -0.2) is 0 Å². The molecule has 6 nitrogen and oxygen atoms in total. The fraction of sp³-hybridized carbons (Fsp3) is 0.556. The number of piperidine rings is 1.